The van der Waals surface area contributed by atoms with Gasteiger partial charge < -0.3 is 5.32 Å². The zero-order valence-electron chi connectivity index (χ0n) is 20.9. The molecule has 186 valence electrons. The van der Waals surface area contributed by atoms with Crippen molar-refractivity contribution in [2.45, 2.75) is 46.1 Å². The van der Waals surface area contributed by atoms with E-state index in [1.165, 1.54) is 17.0 Å². The predicted octanol–water partition coefficient (Wildman–Crippen LogP) is 6.27. The highest BCUT2D eigenvalue weighted by atomic mass is 32.2. The van der Waals surface area contributed by atoms with Crippen molar-refractivity contribution in [1.29, 1.82) is 0 Å². The summed E-state index contributed by atoms with van der Waals surface area (Å²) in [6, 6.07) is 24.4. The van der Waals surface area contributed by atoms with Crippen LogP contribution in [0.5, 0.6) is 0 Å². The molecule has 0 aromatic heterocycles. The molecule has 0 bridgehead atoms. The molecule has 0 fully saturated rings. The Morgan fingerprint density at radius 2 is 1.57 bits per heavy atom. The Bertz CT molecular complexity index is 1190. The summed E-state index contributed by atoms with van der Waals surface area (Å²) in [6.45, 7) is 5.19. The molecule has 1 N–H and O–H groups in total. The van der Waals surface area contributed by atoms with Gasteiger partial charge in [-0.1, -0.05) is 93.8 Å². The van der Waals surface area contributed by atoms with Gasteiger partial charge in [0.05, 0.1) is 18.5 Å². The molecule has 0 aliphatic carbocycles. The van der Waals surface area contributed by atoms with Gasteiger partial charge in [-0.05, 0) is 41.7 Å². The van der Waals surface area contributed by atoms with Crippen molar-refractivity contribution in [2.75, 3.05) is 17.1 Å². The molecule has 0 spiro atoms. The number of amides is 1. The third-order valence-electron chi connectivity index (χ3n) is 6.29. The lowest BCUT2D eigenvalue weighted by Gasteiger charge is -2.25. The van der Waals surface area contributed by atoms with Crippen LogP contribution in [0.3, 0.4) is 0 Å². The zero-order chi connectivity index (χ0) is 25.3. The van der Waals surface area contributed by atoms with Crippen LogP contribution in [0.15, 0.2) is 78.9 Å². The van der Waals surface area contributed by atoms with Crippen LogP contribution in [0.25, 0.3) is 11.1 Å². The van der Waals surface area contributed by atoms with E-state index < -0.39 is 10.0 Å². The first-order valence-corrected chi connectivity index (χ1v) is 14.2. The topological polar surface area (TPSA) is 66.5 Å². The molecule has 1 atom stereocenters. The first kappa shape index (κ1) is 26.5. The number of nitrogens with zero attached hydrogens (tertiary/aromatic N) is 1. The zero-order valence-corrected chi connectivity index (χ0v) is 21.7. The normalized spacial score (nSPS) is 12.2. The second-order valence-electron chi connectivity index (χ2n) is 8.98. The summed E-state index contributed by atoms with van der Waals surface area (Å²) >= 11 is 0. The van der Waals surface area contributed by atoms with Crippen LogP contribution in [0.1, 0.15) is 55.5 Å². The summed E-state index contributed by atoms with van der Waals surface area (Å²) < 4.78 is 27.0. The van der Waals surface area contributed by atoms with Crippen LogP contribution in [0.4, 0.5) is 5.69 Å². The molecule has 5 nitrogen and oxygen atoms in total. The molecule has 3 aromatic rings. The number of para-hydroxylation sites is 1. The van der Waals surface area contributed by atoms with E-state index >= 15 is 0 Å². The smallest absolute Gasteiger partial charge is 0.251 e. The molecule has 3 rings (SSSR count). The minimum Gasteiger partial charge on any atom is -0.352 e. The lowest BCUT2D eigenvalue weighted by Crippen LogP contribution is -2.30. The third kappa shape index (κ3) is 7.43. The Kier molecular flexibility index (Phi) is 9.49. The SMILES string of the molecule is CCCC[C@H](CC)CNC(=O)c1ccc(CN(c2ccccc2-c2ccccc2)S(C)(=O)=O)cc1. The molecular formula is C29H36N2O3S. The molecule has 0 heterocycles. The van der Waals surface area contributed by atoms with Crippen molar-refractivity contribution < 1.29 is 13.2 Å². The largest absolute Gasteiger partial charge is 0.352 e. The fraction of sp³-hybridized carbons (Fsp3) is 0.345. The Morgan fingerprint density at radius 1 is 0.914 bits per heavy atom. The standard InChI is InChI=1S/C29H36N2O3S/c1-4-6-12-23(5-2)21-30-29(32)26-19-17-24(18-20-26)22-31(35(3,33)34)28-16-11-10-15-27(28)25-13-8-7-9-14-25/h7-11,13-20,23H,4-6,12,21-22H2,1-3H3,(H,30,32)/t23-/m0/s1. The Hall–Kier alpha value is -3.12. The van der Waals surface area contributed by atoms with E-state index in [1.54, 1.807) is 12.1 Å². The van der Waals surface area contributed by atoms with Gasteiger partial charge in [0.2, 0.25) is 10.0 Å². The Labute approximate surface area is 210 Å². The number of benzene rings is 3. The highest BCUT2D eigenvalue weighted by Crippen LogP contribution is 2.33. The molecule has 1 amide bonds. The third-order valence-corrected chi connectivity index (χ3v) is 7.42. The van der Waals surface area contributed by atoms with Crippen LogP contribution in [-0.2, 0) is 16.6 Å². The molecule has 0 saturated heterocycles. The van der Waals surface area contributed by atoms with Gasteiger partial charge in [-0.25, -0.2) is 8.42 Å². The summed E-state index contributed by atoms with van der Waals surface area (Å²) in [5.41, 5.74) is 3.82. The number of anilines is 1. The molecule has 0 aliphatic heterocycles. The van der Waals surface area contributed by atoms with E-state index in [1.807, 2.05) is 66.7 Å². The fourth-order valence-corrected chi connectivity index (χ4v) is 5.04. The number of hydrogen-bond acceptors (Lipinski definition) is 3. The molecule has 0 unspecified atom stereocenters. The summed E-state index contributed by atoms with van der Waals surface area (Å²) in [5.74, 6) is 0.395. The maximum absolute atomic E-state index is 12.8. The Balaban J connectivity index is 1.77. The van der Waals surface area contributed by atoms with Crippen molar-refractivity contribution >= 4 is 21.6 Å². The van der Waals surface area contributed by atoms with Crippen LogP contribution >= 0.6 is 0 Å². The molecule has 0 aliphatic rings. The molecular weight excluding hydrogens is 456 g/mol. The highest BCUT2D eigenvalue weighted by Gasteiger charge is 2.21. The summed E-state index contributed by atoms with van der Waals surface area (Å²) in [5, 5.41) is 3.05. The van der Waals surface area contributed by atoms with Crippen LogP contribution in [-0.4, -0.2) is 27.1 Å². The van der Waals surface area contributed by atoms with E-state index in [4.69, 9.17) is 0 Å². The van der Waals surface area contributed by atoms with E-state index in [0.717, 1.165) is 36.0 Å². The van der Waals surface area contributed by atoms with Crippen molar-refractivity contribution in [1.82, 2.24) is 5.32 Å². The van der Waals surface area contributed by atoms with Gasteiger partial charge in [0.25, 0.3) is 5.91 Å². The molecule has 3 aromatic carbocycles. The van der Waals surface area contributed by atoms with Crippen LogP contribution in [0.2, 0.25) is 0 Å². The van der Waals surface area contributed by atoms with Gasteiger partial charge in [-0.15, -0.1) is 0 Å². The maximum Gasteiger partial charge on any atom is 0.251 e. The molecule has 0 radical (unpaired) electrons. The summed E-state index contributed by atoms with van der Waals surface area (Å²) in [6.07, 6.45) is 5.72. The minimum absolute atomic E-state index is 0.0964. The first-order chi connectivity index (χ1) is 16.8. The van der Waals surface area contributed by atoms with Crippen molar-refractivity contribution in [2.24, 2.45) is 5.92 Å². The number of hydrogen-bond donors (Lipinski definition) is 1. The van der Waals surface area contributed by atoms with Gasteiger partial charge in [0.15, 0.2) is 0 Å². The summed E-state index contributed by atoms with van der Waals surface area (Å²) in [7, 11) is -3.55. The van der Waals surface area contributed by atoms with Crippen molar-refractivity contribution in [3.8, 4) is 11.1 Å². The molecule has 35 heavy (non-hydrogen) atoms. The number of carbonyl (C=O) groups excluding carboxylic acids is 1. The fourth-order valence-electron chi connectivity index (χ4n) is 4.14. The van der Waals surface area contributed by atoms with E-state index in [-0.39, 0.29) is 12.5 Å². The van der Waals surface area contributed by atoms with Crippen molar-refractivity contribution in [3.63, 3.8) is 0 Å². The molecule has 0 saturated carbocycles. The molecule has 6 heteroatoms. The second-order valence-corrected chi connectivity index (χ2v) is 10.9. The van der Waals surface area contributed by atoms with Gasteiger partial charge in [-0.3, -0.25) is 9.10 Å². The van der Waals surface area contributed by atoms with Crippen molar-refractivity contribution in [3.05, 3.63) is 90.0 Å². The van der Waals surface area contributed by atoms with E-state index in [9.17, 15) is 13.2 Å². The Morgan fingerprint density at radius 3 is 2.20 bits per heavy atom. The van der Waals surface area contributed by atoms with E-state index in [2.05, 4.69) is 19.2 Å². The van der Waals surface area contributed by atoms with Gasteiger partial charge in [0, 0.05) is 17.7 Å². The van der Waals surface area contributed by atoms with Gasteiger partial charge in [0.1, 0.15) is 0 Å². The number of sulfonamides is 1. The quantitative estimate of drug-likeness (QED) is 0.324. The van der Waals surface area contributed by atoms with E-state index in [0.29, 0.717) is 23.7 Å². The maximum atomic E-state index is 12.8. The predicted molar refractivity (Wildman–Crippen MR) is 145 cm³/mol. The monoisotopic (exact) mass is 492 g/mol. The first-order valence-electron chi connectivity index (χ1n) is 12.3. The minimum atomic E-state index is -3.55. The number of rotatable bonds is 12. The number of nitrogens with one attached hydrogen (secondary N) is 1. The average molecular weight is 493 g/mol. The van der Waals surface area contributed by atoms with Crippen LogP contribution in [0, 0.1) is 5.92 Å². The number of unbranched alkanes of at least 4 members (excludes halogenated alkanes) is 1. The van der Waals surface area contributed by atoms with Gasteiger partial charge in [-0.2, -0.15) is 0 Å². The lowest BCUT2D eigenvalue weighted by molar-refractivity contribution is 0.0946. The summed E-state index contributed by atoms with van der Waals surface area (Å²) in [4.78, 5) is 12.6. The second kappa shape index (κ2) is 12.5. The highest BCUT2D eigenvalue weighted by molar-refractivity contribution is 7.92. The number of carbonyl (C=O) groups is 1. The van der Waals surface area contributed by atoms with Crippen LogP contribution < -0.4 is 9.62 Å². The lowest BCUT2D eigenvalue weighted by atomic mass is 9.99. The van der Waals surface area contributed by atoms with Gasteiger partial charge >= 0.3 is 0 Å². The average Bonchev–Trinajstić information content (AvgIpc) is 2.87.